The maximum absolute atomic E-state index is 13.0. The molecule has 0 radical (unpaired) electrons. The third-order valence-corrected chi connectivity index (χ3v) is 9.68. The molecule has 2 N–H and O–H groups in total. The van der Waals surface area contributed by atoms with Crippen molar-refractivity contribution in [2.75, 3.05) is 21.4 Å². The normalized spacial score (nSPS) is 11.6. The zero-order valence-corrected chi connectivity index (χ0v) is 21.2. The van der Waals surface area contributed by atoms with Crippen molar-refractivity contribution in [2.45, 2.75) is 9.10 Å². The monoisotopic (exact) mass is 545 g/mol. The number of sulfonamides is 2. The lowest BCUT2D eigenvalue weighted by Crippen LogP contribution is -2.25. The number of amides is 1. The Hall–Kier alpha value is -3.74. The predicted molar refractivity (Wildman–Crippen MR) is 138 cm³/mol. The zero-order chi connectivity index (χ0) is 25.9. The van der Waals surface area contributed by atoms with Crippen LogP contribution in [-0.2, 0) is 20.0 Å². The van der Waals surface area contributed by atoms with Gasteiger partial charge in [0.25, 0.3) is 26.0 Å². The highest BCUT2D eigenvalue weighted by molar-refractivity contribution is 7.94. The van der Waals surface area contributed by atoms with Gasteiger partial charge in [0.05, 0.1) is 10.6 Å². The number of carbonyl (C=O) groups excluding carboxylic acids is 1. The summed E-state index contributed by atoms with van der Waals surface area (Å²) in [5.74, 6) is -0.937. The van der Waals surface area contributed by atoms with Gasteiger partial charge in [-0.3, -0.25) is 13.8 Å². The smallest absolute Gasteiger partial charge is 0.273 e. The second kappa shape index (κ2) is 10.1. The molecule has 186 valence electrons. The molecule has 0 saturated carbocycles. The van der Waals surface area contributed by atoms with Crippen LogP contribution >= 0.6 is 11.3 Å². The summed E-state index contributed by atoms with van der Waals surface area (Å²) < 4.78 is 67.1. The summed E-state index contributed by atoms with van der Waals surface area (Å²) in [5.41, 5.74) is 1.26. The Morgan fingerprint density at radius 1 is 0.833 bits per heavy atom. The molecule has 3 aromatic carbocycles. The highest BCUT2D eigenvalue weighted by Gasteiger charge is 2.22. The molecule has 0 saturated heterocycles. The number of hydrogen-bond acceptors (Lipinski definition) is 6. The number of halogens is 1. The molecule has 1 amide bonds. The molecular weight excluding hydrogens is 525 g/mol. The average Bonchev–Trinajstić information content (AvgIpc) is 3.41. The van der Waals surface area contributed by atoms with E-state index in [1.165, 1.54) is 73.8 Å². The molecule has 0 atom stereocenters. The van der Waals surface area contributed by atoms with Crippen molar-refractivity contribution < 1.29 is 26.0 Å². The number of rotatable bonds is 8. The van der Waals surface area contributed by atoms with Crippen molar-refractivity contribution in [3.63, 3.8) is 0 Å². The Bertz CT molecular complexity index is 1570. The summed E-state index contributed by atoms with van der Waals surface area (Å²) >= 11 is 1.12. The van der Waals surface area contributed by atoms with Crippen LogP contribution in [0.3, 0.4) is 0 Å². The molecule has 0 aliphatic rings. The van der Waals surface area contributed by atoms with E-state index in [0.717, 1.165) is 27.8 Å². The molecule has 1 heterocycles. The molecule has 1 aromatic heterocycles. The van der Waals surface area contributed by atoms with Gasteiger partial charge in [-0.2, -0.15) is 0 Å². The van der Waals surface area contributed by atoms with Crippen LogP contribution < -0.4 is 14.3 Å². The van der Waals surface area contributed by atoms with E-state index in [9.17, 15) is 26.0 Å². The van der Waals surface area contributed by atoms with E-state index < -0.39 is 31.8 Å². The molecule has 0 aliphatic carbocycles. The van der Waals surface area contributed by atoms with Gasteiger partial charge in [-0.15, -0.1) is 11.3 Å². The Balaban J connectivity index is 1.42. The quantitative estimate of drug-likeness (QED) is 0.331. The van der Waals surface area contributed by atoms with Crippen molar-refractivity contribution in [2.24, 2.45) is 0 Å². The van der Waals surface area contributed by atoms with E-state index >= 15 is 0 Å². The van der Waals surface area contributed by atoms with Gasteiger partial charge in [0.15, 0.2) is 0 Å². The molecule has 8 nitrogen and oxygen atoms in total. The Morgan fingerprint density at radius 3 is 2.03 bits per heavy atom. The second-order valence-electron chi connectivity index (χ2n) is 7.54. The highest BCUT2D eigenvalue weighted by atomic mass is 32.2. The summed E-state index contributed by atoms with van der Waals surface area (Å²) in [6.07, 6.45) is 0. The van der Waals surface area contributed by atoms with E-state index in [1.807, 2.05) is 0 Å². The fraction of sp³-hybridized carbons (Fsp3) is 0.0417. The highest BCUT2D eigenvalue weighted by Crippen LogP contribution is 2.25. The van der Waals surface area contributed by atoms with E-state index in [-0.39, 0.29) is 20.4 Å². The average molecular weight is 546 g/mol. The van der Waals surface area contributed by atoms with Crippen LogP contribution in [0.15, 0.2) is 99.4 Å². The summed E-state index contributed by atoms with van der Waals surface area (Å²) in [6, 6.07) is 19.7. The topological polar surface area (TPSA) is 113 Å². The predicted octanol–water partition coefficient (Wildman–Crippen LogP) is 4.77. The van der Waals surface area contributed by atoms with Gasteiger partial charge in [0, 0.05) is 24.0 Å². The van der Waals surface area contributed by atoms with Crippen LogP contribution in [0.4, 0.5) is 21.5 Å². The Labute approximate surface area is 212 Å². The van der Waals surface area contributed by atoms with Gasteiger partial charge in [-0.1, -0.05) is 6.07 Å². The first-order valence-electron chi connectivity index (χ1n) is 10.4. The minimum atomic E-state index is -3.90. The van der Waals surface area contributed by atoms with E-state index in [0.29, 0.717) is 11.4 Å². The van der Waals surface area contributed by atoms with Crippen molar-refractivity contribution >= 4 is 54.4 Å². The number of thiophene rings is 1. The fourth-order valence-corrected chi connectivity index (χ4v) is 6.57. The van der Waals surface area contributed by atoms with Crippen LogP contribution in [0.2, 0.25) is 0 Å². The van der Waals surface area contributed by atoms with E-state index in [1.54, 1.807) is 11.4 Å². The zero-order valence-electron chi connectivity index (χ0n) is 18.8. The first kappa shape index (κ1) is 25.4. The van der Waals surface area contributed by atoms with E-state index in [4.69, 9.17) is 0 Å². The van der Waals surface area contributed by atoms with Crippen LogP contribution in [0.5, 0.6) is 0 Å². The summed E-state index contributed by atoms with van der Waals surface area (Å²) in [6.45, 7) is 0. The maximum Gasteiger partial charge on any atom is 0.273 e. The van der Waals surface area contributed by atoms with Gasteiger partial charge in [-0.05, 0) is 84.2 Å². The van der Waals surface area contributed by atoms with Crippen molar-refractivity contribution in [3.05, 3.63) is 102 Å². The van der Waals surface area contributed by atoms with Gasteiger partial charge in [0.1, 0.15) is 10.0 Å². The standard InChI is InChI=1S/C24H20FN3O5S3/c1-28(36(32,33)23-3-2-16-34-23)21-12-4-17(5-13-21)24(29)26-19-10-14-22(15-11-19)35(30,31)27-20-8-6-18(25)7-9-20/h2-16,27H,1H3,(H,26,29). The van der Waals surface area contributed by atoms with Gasteiger partial charge < -0.3 is 5.32 Å². The maximum atomic E-state index is 13.0. The van der Waals surface area contributed by atoms with Crippen LogP contribution in [0.25, 0.3) is 0 Å². The number of anilines is 3. The summed E-state index contributed by atoms with van der Waals surface area (Å²) in [5, 5.41) is 4.35. The molecule has 12 heteroatoms. The van der Waals surface area contributed by atoms with E-state index in [2.05, 4.69) is 10.0 Å². The molecule has 0 fully saturated rings. The third-order valence-electron chi connectivity index (χ3n) is 5.12. The largest absolute Gasteiger partial charge is 0.322 e. The lowest BCUT2D eigenvalue weighted by Gasteiger charge is -2.18. The molecule has 0 aliphatic heterocycles. The molecule has 0 spiro atoms. The Morgan fingerprint density at radius 2 is 1.44 bits per heavy atom. The van der Waals surface area contributed by atoms with Crippen LogP contribution in [0, 0.1) is 5.82 Å². The first-order chi connectivity index (χ1) is 17.1. The number of nitrogens with zero attached hydrogens (tertiary/aromatic N) is 1. The molecule has 4 aromatic rings. The number of hydrogen-bond donors (Lipinski definition) is 2. The Kier molecular flexibility index (Phi) is 7.11. The van der Waals surface area contributed by atoms with Crippen molar-refractivity contribution in [1.82, 2.24) is 0 Å². The number of benzene rings is 3. The number of carbonyl (C=O) groups is 1. The number of nitrogens with one attached hydrogen (secondary N) is 2. The fourth-order valence-electron chi connectivity index (χ4n) is 3.16. The summed E-state index contributed by atoms with van der Waals surface area (Å²) in [4.78, 5) is 12.6. The van der Waals surface area contributed by atoms with Crippen molar-refractivity contribution in [1.29, 1.82) is 0 Å². The lowest BCUT2D eigenvalue weighted by atomic mass is 10.2. The molecule has 0 unspecified atom stereocenters. The first-order valence-corrected chi connectivity index (χ1v) is 14.2. The second-order valence-corrected chi connectivity index (χ2v) is 12.4. The molecule has 0 bridgehead atoms. The SMILES string of the molecule is CN(c1ccc(C(=O)Nc2ccc(S(=O)(=O)Nc3ccc(F)cc3)cc2)cc1)S(=O)(=O)c1cccs1. The van der Waals surface area contributed by atoms with Crippen molar-refractivity contribution in [3.8, 4) is 0 Å². The molecule has 4 rings (SSSR count). The van der Waals surface area contributed by atoms with Crippen LogP contribution in [-0.4, -0.2) is 29.8 Å². The third kappa shape index (κ3) is 5.56. The molecule has 36 heavy (non-hydrogen) atoms. The van der Waals surface area contributed by atoms with Crippen LogP contribution in [0.1, 0.15) is 10.4 Å². The minimum absolute atomic E-state index is 0.0378. The minimum Gasteiger partial charge on any atom is -0.322 e. The summed E-state index contributed by atoms with van der Waals surface area (Å²) in [7, 11) is -6.16. The van der Waals surface area contributed by atoms with Gasteiger partial charge >= 0.3 is 0 Å². The van der Waals surface area contributed by atoms with Gasteiger partial charge in [0.2, 0.25) is 0 Å². The van der Waals surface area contributed by atoms with Gasteiger partial charge in [-0.25, -0.2) is 21.2 Å². The lowest BCUT2D eigenvalue weighted by molar-refractivity contribution is 0.102. The molecular formula is C24H20FN3O5S3.